The molecule has 0 aromatic carbocycles. The number of nitrogens with two attached hydrogens (primary N) is 1. The molecule has 110 valence electrons. The zero-order valence-electron chi connectivity index (χ0n) is 12.4. The third-order valence-corrected chi connectivity index (χ3v) is 3.42. The van der Waals surface area contributed by atoms with E-state index in [1.54, 1.807) is 10.9 Å². The van der Waals surface area contributed by atoms with Gasteiger partial charge in [0.25, 0.3) is 0 Å². The summed E-state index contributed by atoms with van der Waals surface area (Å²) in [4.78, 5) is 11.4. The number of hydrazine groups is 1. The number of nitrogen functional groups attached to an aromatic ring is 1. The fourth-order valence-corrected chi connectivity index (χ4v) is 2.18. The molecule has 0 radical (unpaired) electrons. The van der Waals surface area contributed by atoms with Crippen molar-refractivity contribution in [2.24, 2.45) is 12.9 Å². The van der Waals surface area contributed by atoms with Crippen LogP contribution in [0.1, 0.15) is 32.5 Å². The number of rotatable bonds is 7. The third kappa shape index (κ3) is 3.05. The summed E-state index contributed by atoms with van der Waals surface area (Å²) in [6.45, 7) is 7.12. The van der Waals surface area contributed by atoms with Crippen LogP contribution in [-0.2, 0) is 13.6 Å². The normalized spacial score (nSPS) is 11.4. The maximum atomic E-state index is 5.55. The molecule has 7 nitrogen and oxygen atoms in total. The molecule has 0 spiro atoms. The van der Waals surface area contributed by atoms with Crippen LogP contribution in [-0.4, -0.2) is 37.7 Å². The number of aryl methyl sites for hydroxylation is 1. The van der Waals surface area contributed by atoms with Crippen LogP contribution in [0.25, 0.3) is 11.0 Å². The van der Waals surface area contributed by atoms with Gasteiger partial charge in [-0.1, -0.05) is 20.3 Å². The standard InChI is InChI=1S/C13H23N7/c1-4-6-7-20(5-2)9-11-16-12(18-14)10-8-15-19(3)13(10)17-11/h8H,4-7,9,14H2,1-3H3,(H,16,17,18). The van der Waals surface area contributed by atoms with Crippen LogP contribution in [0, 0.1) is 0 Å². The molecular weight excluding hydrogens is 254 g/mol. The van der Waals surface area contributed by atoms with E-state index < -0.39 is 0 Å². The predicted molar refractivity (Wildman–Crippen MR) is 80.0 cm³/mol. The Kier molecular flexibility index (Phi) is 4.86. The van der Waals surface area contributed by atoms with Crippen LogP contribution in [0.15, 0.2) is 6.20 Å². The molecule has 3 N–H and O–H groups in total. The minimum absolute atomic E-state index is 0.629. The first-order valence-electron chi connectivity index (χ1n) is 7.07. The minimum atomic E-state index is 0.629. The highest BCUT2D eigenvalue weighted by atomic mass is 15.3. The van der Waals surface area contributed by atoms with Crippen molar-refractivity contribution in [1.29, 1.82) is 0 Å². The number of unbranched alkanes of at least 4 members (excludes halogenated alkanes) is 1. The minimum Gasteiger partial charge on any atom is -0.308 e. The fraction of sp³-hybridized carbons (Fsp3) is 0.615. The first kappa shape index (κ1) is 14.7. The van der Waals surface area contributed by atoms with E-state index in [-0.39, 0.29) is 0 Å². The van der Waals surface area contributed by atoms with Crippen molar-refractivity contribution in [3.63, 3.8) is 0 Å². The van der Waals surface area contributed by atoms with Gasteiger partial charge in [-0.2, -0.15) is 5.10 Å². The molecule has 0 aliphatic heterocycles. The van der Waals surface area contributed by atoms with Crippen molar-refractivity contribution in [2.75, 3.05) is 18.5 Å². The second-order valence-electron chi connectivity index (χ2n) is 4.86. The van der Waals surface area contributed by atoms with Crippen molar-refractivity contribution in [1.82, 2.24) is 24.6 Å². The van der Waals surface area contributed by atoms with Gasteiger partial charge in [0.15, 0.2) is 11.5 Å². The lowest BCUT2D eigenvalue weighted by Gasteiger charge is -2.19. The van der Waals surface area contributed by atoms with E-state index >= 15 is 0 Å². The number of hydrogen-bond acceptors (Lipinski definition) is 6. The summed E-state index contributed by atoms with van der Waals surface area (Å²) in [6, 6.07) is 0. The Hall–Kier alpha value is -1.73. The smallest absolute Gasteiger partial charge is 0.163 e. The molecule has 0 saturated heterocycles. The largest absolute Gasteiger partial charge is 0.308 e. The molecule has 2 rings (SSSR count). The topological polar surface area (TPSA) is 84.9 Å². The number of hydrogen-bond donors (Lipinski definition) is 2. The van der Waals surface area contributed by atoms with Gasteiger partial charge in [-0.3, -0.25) is 9.58 Å². The molecule has 20 heavy (non-hydrogen) atoms. The summed E-state index contributed by atoms with van der Waals surface area (Å²) in [6.07, 6.45) is 4.10. The Morgan fingerprint density at radius 2 is 2.15 bits per heavy atom. The number of fused-ring (bicyclic) bond motifs is 1. The summed E-state index contributed by atoms with van der Waals surface area (Å²) >= 11 is 0. The molecular formula is C13H23N7. The van der Waals surface area contributed by atoms with Gasteiger partial charge >= 0.3 is 0 Å². The second-order valence-corrected chi connectivity index (χ2v) is 4.86. The highest BCUT2D eigenvalue weighted by molar-refractivity contribution is 5.86. The molecule has 0 bridgehead atoms. The van der Waals surface area contributed by atoms with E-state index in [0.717, 1.165) is 36.5 Å². The quantitative estimate of drug-likeness (QED) is 0.585. The number of anilines is 1. The van der Waals surface area contributed by atoms with E-state index in [1.807, 2.05) is 7.05 Å². The van der Waals surface area contributed by atoms with Crippen LogP contribution < -0.4 is 11.3 Å². The van der Waals surface area contributed by atoms with E-state index in [9.17, 15) is 0 Å². The van der Waals surface area contributed by atoms with E-state index in [0.29, 0.717) is 5.82 Å². The molecule has 2 heterocycles. The molecule has 7 heteroatoms. The van der Waals surface area contributed by atoms with E-state index in [4.69, 9.17) is 5.84 Å². The second kappa shape index (κ2) is 6.62. The molecule has 0 aliphatic rings. The van der Waals surface area contributed by atoms with E-state index in [2.05, 4.69) is 39.2 Å². The van der Waals surface area contributed by atoms with Crippen molar-refractivity contribution in [3.05, 3.63) is 12.0 Å². The monoisotopic (exact) mass is 277 g/mol. The van der Waals surface area contributed by atoms with Crippen LogP contribution in [0.3, 0.4) is 0 Å². The predicted octanol–water partition coefficient (Wildman–Crippen LogP) is 1.27. The summed E-state index contributed by atoms with van der Waals surface area (Å²) in [5.41, 5.74) is 3.44. The molecule has 0 fully saturated rings. The Labute approximate surface area is 119 Å². The summed E-state index contributed by atoms with van der Waals surface area (Å²) in [5.74, 6) is 6.95. The SMILES string of the molecule is CCCCN(CC)Cc1nc(NN)c2cnn(C)c2n1. The molecule has 2 aromatic rings. The highest BCUT2D eigenvalue weighted by Crippen LogP contribution is 2.19. The van der Waals surface area contributed by atoms with Gasteiger partial charge in [-0.25, -0.2) is 15.8 Å². The lowest BCUT2D eigenvalue weighted by Crippen LogP contribution is -2.25. The van der Waals surface area contributed by atoms with Crippen LogP contribution in [0.5, 0.6) is 0 Å². The maximum absolute atomic E-state index is 5.55. The average Bonchev–Trinajstić information content (AvgIpc) is 2.84. The third-order valence-electron chi connectivity index (χ3n) is 3.42. The number of nitrogens with one attached hydrogen (secondary N) is 1. The van der Waals surface area contributed by atoms with Gasteiger partial charge in [-0.05, 0) is 19.5 Å². The van der Waals surface area contributed by atoms with Gasteiger partial charge in [0.05, 0.1) is 18.1 Å². The lowest BCUT2D eigenvalue weighted by atomic mass is 10.3. The summed E-state index contributed by atoms with van der Waals surface area (Å²) in [5, 5.41) is 5.04. The molecule has 0 aliphatic carbocycles. The zero-order valence-corrected chi connectivity index (χ0v) is 12.4. The Morgan fingerprint density at radius 1 is 1.35 bits per heavy atom. The first-order chi connectivity index (χ1) is 9.69. The maximum Gasteiger partial charge on any atom is 0.163 e. The Morgan fingerprint density at radius 3 is 2.80 bits per heavy atom. The van der Waals surface area contributed by atoms with Crippen LogP contribution in [0.4, 0.5) is 5.82 Å². The Bertz CT molecular complexity index is 563. The molecule has 0 amide bonds. The summed E-state index contributed by atoms with van der Waals surface area (Å²) in [7, 11) is 1.87. The van der Waals surface area contributed by atoms with Crippen molar-refractivity contribution < 1.29 is 0 Å². The van der Waals surface area contributed by atoms with Gasteiger partial charge in [0.1, 0.15) is 5.82 Å². The fourth-order valence-electron chi connectivity index (χ4n) is 2.18. The van der Waals surface area contributed by atoms with Crippen molar-refractivity contribution in [3.8, 4) is 0 Å². The highest BCUT2D eigenvalue weighted by Gasteiger charge is 2.12. The van der Waals surface area contributed by atoms with Crippen molar-refractivity contribution in [2.45, 2.75) is 33.2 Å². The molecule has 0 atom stereocenters. The van der Waals surface area contributed by atoms with Crippen LogP contribution >= 0.6 is 0 Å². The molecule has 0 unspecified atom stereocenters. The first-order valence-corrected chi connectivity index (χ1v) is 7.07. The van der Waals surface area contributed by atoms with Gasteiger partial charge < -0.3 is 5.43 Å². The van der Waals surface area contributed by atoms with Gasteiger partial charge in [-0.15, -0.1) is 0 Å². The molecule has 0 saturated carbocycles. The van der Waals surface area contributed by atoms with Crippen molar-refractivity contribution >= 4 is 16.9 Å². The van der Waals surface area contributed by atoms with Gasteiger partial charge in [0, 0.05) is 7.05 Å². The average molecular weight is 277 g/mol. The number of aromatic nitrogens is 4. The number of nitrogens with zero attached hydrogens (tertiary/aromatic N) is 5. The summed E-state index contributed by atoms with van der Waals surface area (Å²) < 4.78 is 1.74. The van der Waals surface area contributed by atoms with E-state index in [1.165, 1.54) is 12.8 Å². The Balaban J connectivity index is 2.27. The lowest BCUT2D eigenvalue weighted by molar-refractivity contribution is 0.269. The van der Waals surface area contributed by atoms with Gasteiger partial charge in [0.2, 0.25) is 0 Å². The zero-order chi connectivity index (χ0) is 14.5. The molecule has 2 aromatic heterocycles. The van der Waals surface area contributed by atoms with Crippen LogP contribution in [0.2, 0.25) is 0 Å².